The van der Waals surface area contributed by atoms with Crippen molar-refractivity contribution < 1.29 is 23.5 Å². The van der Waals surface area contributed by atoms with Crippen LogP contribution >= 0.6 is 0 Å². The molecule has 0 aliphatic rings. The number of urea groups is 1. The normalized spacial score (nSPS) is 10.6. The van der Waals surface area contributed by atoms with E-state index in [1.165, 1.54) is 20.3 Å². The summed E-state index contributed by atoms with van der Waals surface area (Å²) >= 11 is 0. The summed E-state index contributed by atoms with van der Waals surface area (Å²) in [4.78, 5) is 28.8. The van der Waals surface area contributed by atoms with Crippen molar-refractivity contribution in [3.8, 4) is 17.2 Å². The molecule has 0 aliphatic carbocycles. The lowest BCUT2D eigenvalue weighted by Gasteiger charge is -2.12. The maximum atomic E-state index is 12.6. The van der Waals surface area contributed by atoms with Crippen LogP contribution in [0.2, 0.25) is 0 Å². The van der Waals surface area contributed by atoms with Gasteiger partial charge < -0.3 is 24.5 Å². The monoisotopic (exact) mass is 431 g/mol. The number of oxazole rings is 1. The highest BCUT2D eigenvalue weighted by Gasteiger charge is 2.14. The summed E-state index contributed by atoms with van der Waals surface area (Å²) in [5, 5.41) is 5.46. The smallest absolute Gasteiger partial charge is 0.337 e. The quantitative estimate of drug-likeness (QED) is 0.419. The summed E-state index contributed by atoms with van der Waals surface area (Å²) in [6.45, 7) is 1.99. The molecular formula is C24H21N3O5. The topological polar surface area (TPSA) is 103 Å². The fourth-order valence-corrected chi connectivity index (χ4v) is 3.23. The van der Waals surface area contributed by atoms with Gasteiger partial charge in [0.25, 0.3) is 0 Å². The number of aromatic nitrogens is 1. The summed E-state index contributed by atoms with van der Waals surface area (Å²) < 4.78 is 15.9. The molecule has 0 saturated carbocycles. The van der Waals surface area contributed by atoms with Crippen molar-refractivity contribution in [1.29, 1.82) is 0 Å². The number of aryl methyl sites for hydroxylation is 1. The van der Waals surface area contributed by atoms with E-state index in [1.54, 1.807) is 36.4 Å². The first-order valence-electron chi connectivity index (χ1n) is 9.79. The standard InChI is InChI=1S/C24H21N3O5/c1-14-7-9-21-18(11-14)26-22(32-21)15-8-10-20(30-2)19(13-15)27-24(29)25-17-6-4-5-16(12-17)23(28)31-3/h4-13H,1-3H3,(H2,25,27,29). The number of hydrogen-bond donors (Lipinski definition) is 2. The number of esters is 1. The minimum Gasteiger partial charge on any atom is -0.495 e. The Morgan fingerprint density at radius 2 is 1.81 bits per heavy atom. The number of amides is 2. The fourth-order valence-electron chi connectivity index (χ4n) is 3.23. The highest BCUT2D eigenvalue weighted by atomic mass is 16.5. The number of carbonyl (C=O) groups is 2. The Labute approximate surface area is 184 Å². The molecule has 8 heteroatoms. The second kappa shape index (κ2) is 8.81. The molecule has 0 bridgehead atoms. The molecule has 1 heterocycles. The van der Waals surface area contributed by atoms with Crippen LogP contribution in [0, 0.1) is 6.92 Å². The average molecular weight is 431 g/mol. The van der Waals surface area contributed by atoms with Gasteiger partial charge in [0.05, 0.1) is 25.5 Å². The van der Waals surface area contributed by atoms with Crippen LogP contribution < -0.4 is 15.4 Å². The predicted molar refractivity (Wildman–Crippen MR) is 121 cm³/mol. The molecule has 0 spiro atoms. The molecule has 0 saturated heterocycles. The van der Waals surface area contributed by atoms with Crippen LogP contribution in [0.3, 0.4) is 0 Å². The number of carbonyl (C=O) groups excluding carboxylic acids is 2. The molecule has 2 N–H and O–H groups in total. The van der Waals surface area contributed by atoms with E-state index in [4.69, 9.17) is 13.9 Å². The van der Waals surface area contributed by atoms with E-state index in [0.29, 0.717) is 39.7 Å². The number of fused-ring (bicyclic) bond motifs is 1. The Hall–Kier alpha value is -4.33. The van der Waals surface area contributed by atoms with E-state index in [1.807, 2.05) is 25.1 Å². The van der Waals surface area contributed by atoms with Gasteiger partial charge in [0, 0.05) is 11.3 Å². The van der Waals surface area contributed by atoms with E-state index in [9.17, 15) is 9.59 Å². The zero-order valence-electron chi connectivity index (χ0n) is 17.8. The van der Waals surface area contributed by atoms with Crippen molar-refractivity contribution >= 4 is 34.5 Å². The molecule has 0 radical (unpaired) electrons. The minimum atomic E-state index is -0.504. The molecule has 4 rings (SSSR count). The van der Waals surface area contributed by atoms with Gasteiger partial charge in [0.15, 0.2) is 5.58 Å². The first kappa shape index (κ1) is 20.9. The SMILES string of the molecule is COC(=O)c1cccc(NC(=O)Nc2cc(-c3nc4cc(C)ccc4o3)ccc2OC)c1. The van der Waals surface area contributed by atoms with Gasteiger partial charge in [-0.3, -0.25) is 0 Å². The van der Waals surface area contributed by atoms with Crippen molar-refractivity contribution in [1.82, 2.24) is 4.98 Å². The van der Waals surface area contributed by atoms with Gasteiger partial charge in [-0.15, -0.1) is 0 Å². The van der Waals surface area contributed by atoms with Crippen LogP contribution in [0.5, 0.6) is 5.75 Å². The zero-order valence-corrected chi connectivity index (χ0v) is 17.8. The lowest BCUT2D eigenvalue weighted by Crippen LogP contribution is -2.20. The Kier molecular flexibility index (Phi) is 5.76. The largest absolute Gasteiger partial charge is 0.495 e. The molecule has 4 aromatic rings. The number of benzene rings is 3. The summed E-state index contributed by atoms with van der Waals surface area (Å²) in [7, 11) is 2.81. The number of ether oxygens (including phenoxy) is 2. The second-order valence-electron chi connectivity index (χ2n) is 7.06. The maximum Gasteiger partial charge on any atom is 0.337 e. The third kappa shape index (κ3) is 4.39. The molecule has 162 valence electrons. The van der Waals surface area contributed by atoms with E-state index in [0.717, 1.165) is 11.1 Å². The number of rotatable bonds is 5. The molecule has 0 fully saturated rings. The van der Waals surface area contributed by atoms with E-state index in [2.05, 4.69) is 15.6 Å². The number of nitrogens with zero attached hydrogens (tertiary/aromatic N) is 1. The predicted octanol–water partition coefficient (Wildman–Crippen LogP) is 5.24. The van der Waals surface area contributed by atoms with Gasteiger partial charge in [-0.25, -0.2) is 14.6 Å². The van der Waals surface area contributed by atoms with Gasteiger partial charge in [0.1, 0.15) is 11.3 Å². The number of anilines is 2. The molecule has 3 aromatic carbocycles. The molecule has 8 nitrogen and oxygen atoms in total. The third-order valence-electron chi connectivity index (χ3n) is 4.78. The molecule has 0 aliphatic heterocycles. The Morgan fingerprint density at radius 1 is 0.969 bits per heavy atom. The van der Waals surface area contributed by atoms with Crippen molar-refractivity contribution in [3.63, 3.8) is 0 Å². The van der Waals surface area contributed by atoms with Gasteiger partial charge in [-0.1, -0.05) is 12.1 Å². The number of hydrogen-bond acceptors (Lipinski definition) is 6. The van der Waals surface area contributed by atoms with E-state index < -0.39 is 12.0 Å². The summed E-state index contributed by atoms with van der Waals surface area (Å²) in [5.74, 6) is 0.415. The van der Waals surface area contributed by atoms with Crippen molar-refractivity contribution in [2.45, 2.75) is 6.92 Å². The highest BCUT2D eigenvalue weighted by molar-refractivity contribution is 6.02. The van der Waals surface area contributed by atoms with Crippen molar-refractivity contribution in [2.75, 3.05) is 24.9 Å². The maximum absolute atomic E-state index is 12.6. The van der Waals surface area contributed by atoms with Gasteiger partial charge in [-0.2, -0.15) is 0 Å². The third-order valence-corrected chi connectivity index (χ3v) is 4.78. The van der Waals surface area contributed by atoms with Crippen molar-refractivity contribution in [3.05, 3.63) is 71.8 Å². The van der Waals surface area contributed by atoms with E-state index in [-0.39, 0.29) is 0 Å². The highest BCUT2D eigenvalue weighted by Crippen LogP contribution is 2.32. The van der Waals surface area contributed by atoms with Gasteiger partial charge in [-0.05, 0) is 61.0 Å². The molecule has 1 aromatic heterocycles. The molecule has 32 heavy (non-hydrogen) atoms. The lowest BCUT2D eigenvalue weighted by atomic mass is 10.2. The first-order chi connectivity index (χ1) is 15.5. The fraction of sp³-hybridized carbons (Fsp3) is 0.125. The first-order valence-corrected chi connectivity index (χ1v) is 9.79. The molecule has 0 atom stereocenters. The van der Waals surface area contributed by atoms with Crippen LogP contribution in [0.15, 0.2) is 65.1 Å². The number of methoxy groups -OCH3 is 2. The average Bonchev–Trinajstić information content (AvgIpc) is 3.21. The van der Waals surface area contributed by atoms with Crippen LogP contribution in [0.25, 0.3) is 22.6 Å². The Bertz CT molecular complexity index is 1310. The minimum absolute atomic E-state index is 0.330. The summed E-state index contributed by atoms with van der Waals surface area (Å²) in [6, 6.07) is 17.0. The summed E-state index contributed by atoms with van der Waals surface area (Å²) in [6.07, 6.45) is 0. The Balaban J connectivity index is 1.57. The molecule has 0 unspecified atom stereocenters. The zero-order chi connectivity index (χ0) is 22.7. The van der Waals surface area contributed by atoms with Crippen LogP contribution in [0.1, 0.15) is 15.9 Å². The van der Waals surface area contributed by atoms with Crippen LogP contribution in [-0.4, -0.2) is 31.2 Å². The van der Waals surface area contributed by atoms with Crippen LogP contribution in [0.4, 0.5) is 16.2 Å². The number of nitrogens with one attached hydrogen (secondary N) is 2. The van der Waals surface area contributed by atoms with Crippen LogP contribution in [-0.2, 0) is 4.74 Å². The van der Waals surface area contributed by atoms with Crippen molar-refractivity contribution in [2.24, 2.45) is 0 Å². The lowest BCUT2D eigenvalue weighted by molar-refractivity contribution is 0.0600. The Morgan fingerprint density at radius 3 is 2.59 bits per heavy atom. The summed E-state index contributed by atoms with van der Waals surface area (Å²) in [5.41, 5.74) is 4.41. The van der Waals surface area contributed by atoms with E-state index >= 15 is 0 Å². The van der Waals surface area contributed by atoms with Gasteiger partial charge >= 0.3 is 12.0 Å². The second-order valence-corrected chi connectivity index (χ2v) is 7.06. The molecule has 2 amide bonds. The molecular weight excluding hydrogens is 410 g/mol. The van der Waals surface area contributed by atoms with Gasteiger partial charge in [0.2, 0.25) is 5.89 Å².